The number of amides is 2. The highest BCUT2D eigenvalue weighted by Gasteiger charge is 2.20. The molecule has 0 saturated heterocycles. The van der Waals surface area contributed by atoms with E-state index in [0.717, 1.165) is 17.3 Å². The quantitative estimate of drug-likeness (QED) is 0.493. The number of nitrogens with zero attached hydrogens (tertiary/aromatic N) is 3. The van der Waals surface area contributed by atoms with E-state index in [-0.39, 0.29) is 17.8 Å². The van der Waals surface area contributed by atoms with E-state index in [0.29, 0.717) is 21.7 Å². The number of nitrogens with one attached hydrogen (secondary N) is 1. The molecule has 0 spiro atoms. The molecule has 0 saturated carbocycles. The smallest absolute Gasteiger partial charge is 0.413 e. The fourth-order valence-electron chi connectivity index (χ4n) is 2.97. The minimum absolute atomic E-state index is 0.0300. The number of imide groups is 1. The predicted octanol–water partition coefficient (Wildman–Crippen LogP) is 5.25. The maximum absolute atomic E-state index is 12.1. The van der Waals surface area contributed by atoms with Crippen LogP contribution in [-0.4, -0.2) is 39.1 Å². The van der Waals surface area contributed by atoms with Crippen LogP contribution in [0.25, 0.3) is 17.1 Å². The van der Waals surface area contributed by atoms with E-state index in [1.807, 2.05) is 34.9 Å². The highest BCUT2D eigenvalue weighted by atomic mass is 35.5. The number of carbonyl (C=O) groups is 2. The van der Waals surface area contributed by atoms with Crippen molar-refractivity contribution in [2.75, 3.05) is 12.4 Å². The van der Waals surface area contributed by atoms with Crippen molar-refractivity contribution >= 4 is 35.4 Å². The van der Waals surface area contributed by atoms with Crippen molar-refractivity contribution in [1.82, 2.24) is 20.1 Å². The second-order valence-corrected chi connectivity index (χ2v) is 9.33. The molecule has 0 aliphatic rings. The van der Waals surface area contributed by atoms with Crippen LogP contribution in [0.3, 0.4) is 0 Å². The van der Waals surface area contributed by atoms with Gasteiger partial charge in [0.15, 0.2) is 11.0 Å². The summed E-state index contributed by atoms with van der Waals surface area (Å²) in [6, 6.07) is 15.5. The summed E-state index contributed by atoms with van der Waals surface area (Å²) in [5.74, 6) is 0.0785. The topological polar surface area (TPSA) is 86.1 Å². The van der Waals surface area contributed by atoms with Crippen molar-refractivity contribution in [3.63, 3.8) is 0 Å². The zero-order valence-electron chi connectivity index (χ0n) is 18.4. The number of rotatable bonds is 6. The Labute approximate surface area is 196 Å². The Kier molecular flexibility index (Phi) is 7.58. The molecule has 9 heteroatoms. The molecule has 32 heavy (non-hydrogen) atoms. The van der Waals surface area contributed by atoms with Crippen LogP contribution in [0.1, 0.15) is 33.3 Å². The van der Waals surface area contributed by atoms with Crippen LogP contribution in [0.5, 0.6) is 0 Å². The van der Waals surface area contributed by atoms with Crippen LogP contribution in [0.4, 0.5) is 4.79 Å². The lowest BCUT2D eigenvalue weighted by Crippen LogP contribution is -2.32. The second-order valence-electron chi connectivity index (χ2n) is 7.98. The molecule has 0 aliphatic heterocycles. The third kappa shape index (κ3) is 5.69. The summed E-state index contributed by atoms with van der Waals surface area (Å²) < 4.78 is 6.55. The van der Waals surface area contributed by atoms with Gasteiger partial charge >= 0.3 is 6.09 Å². The highest BCUT2D eigenvalue weighted by Crippen LogP contribution is 2.32. The lowest BCUT2D eigenvalue weighted by molar-refractivity contribution is -0.117. The zero-order valence-corrected chi connectivity index (χ0v) is 20.0. The predicted molar refractivity (Wildman–Crippen MR) is 126 cm³/mol. The van der Waals surface area contributed by atoms with Gasteiger partial charge in [0.25, 0.3) is 0 Å². The molecule has 0 radical (unpaired) electrons. The number of halogens is 1. The minimum Gasteiger partial charge on any atom is -0.450 e. The lowest BCUT2D eigenvalue weighted by atomic mass is 9.87. The van der Waals surface area contributed by atoms with E-state index < -0.39 is 12.0 Å². The van der Waals surface area contributed by atoms with E-state index in [1.54, 1.807) is 13.0 Å². The summed E-state index contributed by atoms with van der Waals surface area (Å²) in [5.41, 5.74) is 2.80. The molecular weight excluding hydrogens is 448 g/mol. The van der Waals surface area contributed by atoms with Crippen molar-refractivity contribution in [1.29, 1.82) is 0 Å². The highest BCUT2D eigenvalue weighted by molar-refractivity contribution is 7.99. The molecule has 0 atom stereocenters. The summed E-state index contributed by atoms with van der Waals surface area (Å²) in [7, 11) is 0. The van der Waals surface area contributed by atoms with Crippen molar-refractivity contribution in [2.24, 2.45) is 0 Å². The Balaban J connectivity index is 1.94. The molecule has 0 fully saturated rings. The number of hydrogen-bond donors (Lipinski definition) is 1. The van der Waals surface area contributed by atoms with Crippen LogP contribution >= 0.6 is 23.4 Å². The van der Waals surface area contributed by atoms with Crippen molar-refractivity contribution in [3.8, 4) is 17.1 Å². The average Bonchev–Trinajstić information content (AvgIpc) is 3.16. The summed E-state index contributed by atoms with van der Waals surface area (Å²) in [6.07, 6.45) is -0.773. The Hall–Kier alpha value is -2.84. The largest absolute Gasteiger partial charge is 0.450 e. The molecule has 168 valence electrons. The number of alkyl carbamates (subject to hydrolysis) is 1. The van der Waals surface area contributed by atoms with E-state index in [4.69, 9.17) is 16.3 Å². The van der Waals surface area contributed by atoms with E-state index in [2.05, 4.69) is 48.4 Å². The number of benzene rings is 2. The van der Waals surface area contributed by atoms with Gasteiger partial charge in [0.1, 0.15) is 0 Å². The van der Waals surface area contributed by atoms with Gasteiger partial charge in [-0.15, -0.1) is 10.2 Å². The Morgan fingerprint density at radius 2 is 1.78 bits per heavy atom. The standard InChI is InChI=1S/C23H25ClN4O3S/c1-5-31-22(30)25-19(29)14-32-21-27-26-20(28(21)18-9-7-6-8-17(18)24)15-10-12-16(13-11-15)23(2,3)4/h6-13H,5,14H2,1-4H3,(H,25,29,30). The first-order valence-corrected chi connectivity index (χ1v) is 11.5. The first kappa shape index (κ1) is 23.8. The molecule has 1 aromatic heterocycles. The van der Waals surface area contributed by atoms with Gasteiger partial charge in [-0.05, 0) is 30.0 Å². The summed E-state index contributed by atoms with van der Waals surface area (Å²) >= 11 is 7.62. The molecule has 2 aromatic carbocycles. The van der Waals surface area contributed by atoms with E-state index in [9.17, 15) is 9.59 Å². The van der Waals surface area contributed by atoms with Crippen molar-refractivity contribution in [3.05, 3.63) is 59.1 Å². The third-order valence-electron chi connectivity index (χ3n) is 4.59. The molecule has 2 amide bonds. The summed E-state index contributed by atoms with van der Waals surface area (Å²) in [6.45, 7) is 8.32. The fraction of sp³-hybridized carbons (Fsp3) is 0.304. The molecule has 0 bridgehead atoms. The van der Waals surface area contributed by atoms with Gasteiger partial charge in [-0.25, -0.2) is 4.79 Å². The normalized spacial score (nSPS) is 11.3. The van der Waals surface area contributed by atoms with E-state index >= 15 is 0 Å². The molecule has 7 nitrogen and oxygen atoms in total. The van der Waals surface area contributed by atoms with Crippen LogP contribution < -0.4 is 5.32 Å². The molecular formula is C23H25ClN4O3S. The lowest BCUT2D eigenvalue weighted by Gasteiger charge is -2.19. The molecule has 1 heterocycles. The second kappa shape index (κ2) is 10.2. The first-order valence-electron chi connectivity index (χ1n) is 10.1. The van der Waals surface area contributed by atoms with Gasteiger partial charge in [-0.3, -0.25) is 14.7 Å². The fourth-order valence-corrected chi connectivity index (χ4v) is 3.93. The average molecular weight is 473 g/mol. The molecule has 1 N–H and O–H groups in total. The summed E-state index contributed by atoms with van der Waals surface area (Å²) in [5, 5.41) is 11.8. The number of hydrogen-bond acceptors (Lipinski definition) is 6. The van der Waals surface area contributed by atoms with Crippen LogP contribution in [0, 0.1) is 0 Å². The maximum atomic E-state index is 12.1. The number of para-hydroxylation sites is 1. The maximum Gasteiger partial charge on any atom is 0.413 e. The number of carbonyl (C=O) groups excluding carboxylic acids is 2. The summed E-state index contributed by atoms with van der Waals surface area (Å²) in [4.78, 5) is 23.6. The molecule has 3 aromatic rings. The van der Waals surface area contributed by atoms with Gasteiger partial charge < -0.3 is 4.74 Å². The van der Waals surface area contributed by atoms with Crippen LogP contribution in [0.15, 0.2) is 53.7 Å². The van der Waals surface area contributed by atoms with Crippen LogP contribution in [0.2, 0.25) is 5.02 Å². The number of thioether (sulfide) groups is 1. The van der Waals surface area contributed by atoms with Crippen molar-refractivity contribution < 1.29 is 14.3 Å². The SMILES string of the molecule is CCOC(=O)NC(=O)CSc1nnc(-c2ccc(C(C)(C)C)cc2)n1-c1ccccc1Cl. The minimum atomic E-state index is -0.773. The Morgan fingerprint density at radius 1 is 1.09 bits per heavy atom. The molecule has 0 aliphatic carbocycles. The number of aromatic nitrogens is 3. The monoisotopic (exact) mass is 472 g/mol. The van der Waals surface area contributed by atoms with Gasteiger partial charge in [-0.2, -0.15) is 0 Å². The Bertz CT molecular complexity index is 1110. The van der Waals surface area contributed by atoms with Gasteiger partial charge in [0.2, 0.25) is 5.91 Å². The van der Waals surface area contributed by atoms with Gasteiger partial charge in [-0.1, -0.05) is 80.5 Å². The first-order chi connectivity index (χ1) is 15.2. The molecule has 0 unspecified atom stereocenters. The van der Waals surface area contributed by atoms with Gasteiger partial charge in [0.05, 0.1) is 23.1 Å². The van der Waals surface area contributed by atoms with E-state index in [1.165, 1.54) is 5.56 Å². The Morgan fingerprint density at radius 3 is 2.41 bits per heavy atom. The van der Waals surface area contributed by atoms with Crippen molar-refractivity contribution in [2.45, 2.75) is 38.3 Å². The van der Waals surface area contributed by atoms with Crippen LogP contribution in [-0.2, 0) is 14.9 Å². The van der Waals surface area contributed by atoms with Gasteiger partial charge in [0, 0.05) is 5.56 Å². The number of ether oxygens (including phenoxy) is 1. The molecule has 3 rings (SSSR count). The third-order valence-corrected chi connectivity index (χ3v) is 5.83. The zero-order chi connectivity index (χ0) is 23.3.